The zero-order chi connectivity index (χ0) is 11.4. The topological polar surface area (TPSA) is 71.1 Å². The van der Waals surface area contributed by atoms with Gasteiger partial charge in [0.2, 0.25) is 0 Å². The molecule has 1 unspecified atom stereocenters. The lowest BCUT2D eigenvalue weighted by Crippen LogP contribution is -2.14. The molecule has 4 heteroatoms. The molecule has 0 bridgehead atoms. The van der Waals surface area contributed by atoms with E-state index in [4.69, 9.17) is 15.7 Å². The van der Waals surface area contributed by atoms with Crippen LogP contribution >= 0.6 is 0 Å². The van der Waals surface area contributed by atoms with Crippen molar-refractivity contribution in [2.24, 2.45) is 5.92 Å². The number of nitriles is 1. The highest BCUT2D eigenvalue weighted by Crippen LogP contribution is 2.19. The van der Waals surface area contributed by atoms with Crippen LogP contribution in [0.3, 0.4) is 0 Å². The zero-order valence-electron chi connectivity index (χ0n) is 9.07. The van der Waals surface area contributed by atoms with Crippen molar-refractivity contribution in [1.29, 1.82) is 5.26 Å². The van der Waals surface area contributed by atoms with E-state index in [9.17, 15) is 0 Å². The summed E-state index contributed by atoms with van der Waals surface area (Å²) in [5.74, 6) is 0.580. The first-order chi connectivity index (χ1) is 7.79. The van der Waals surface area contributed by atoms with Crippen LogP contribution in [-0.4, -0.2) is 19.8 Å². The summed E-state index contributed by atoms with van der Waals surface area (Å²) in [6, 6.07) is 7.47. The van der Waals surface area contributed by atoms with Crippen molar-refractivity contribution in [1.82, 2.24) is 0 Å². The Hall–Kier alpha value is -1.73. The Bertz CT molecular complexity index is 405. The van der Waals surface area contributed by atoms with Crippen LogP contribution < -0.4 is 11.1 Å². The minimum absolute atomic E-state index is 0.523. The number of hydrogen-bond donors (Lipinski definition) is 2. The second-order valence-electron chi connectivity index (χ2n) is 4.02. The second kappa shape index (κ2) is 4.86. The Morgan fingerprint density at radius 1 is 1.56 bits per heavy atom. The van der Waals surface area contributed by atoms with Gasteiger partial charge in [0.05, 0.1) is 17.9 Å². The third kappa shape index (κ3) is 2.44. The molecule has 1 fully saturated rings. The van der Waals surface area contributed by atoms with E-state index in [1.807, 2.05) is 12.1 Å². The van der Waals surface area contributed by atoms with Crippen molar-refractivity contribution in [3.63, 3.8) is 0 Å². The average Bonchev–Trinajstić information content (AvgIpc) is 2.79. The lowest BCUT2D eigenvalue weighted by atomic mass is 10.1. The Morgan fingerprint density at radius 2 is 2.44 bits per heavy atom. The zero-order valence-corrected chi connectivity index (χ0v) is 9.07. The summed E-state index contributed by atoms with van der Waals surface area (Å²) in [4.78, 5) is 0. The average molecular weight is 217 g/mol. The molecule has 0 aromatic heterocycles. The summed E-state index contributed by atoms with van der Waals surface area (Å²) in [6.45, 7) is 2.59. The van der Waals surface area contributed by atoms with Crippen molar-refractivity contribution < 1.29 is 4.74 Å². The lowest BCUT2D eigenvalue weighted by Gasteiger charge is -2.11. The van der Waals surface area contributed by atoms with Crippen molar-refractivity contribution in [3.05, 3.63) is 23.8 Å². The molecule has 0 amide bonds. The van der Waals surface area contributed by atoms with Crippen LogP contribution in [0.15, 0.2) is 18.2 Å². The molecule has 1 aliphatic rings. The molecule has 1 aromatic rings. The second-order valence-corrected chi connectivity index (χ2v) is 4.02. The minimum Gasteiger partial charge on any atom is -0.398 e. The van der Waals surface area contributed by atoms with Gasteiger partial charge < -0.3 is 15.8 Å². The summed E-state index contributed by atoms with van der Waals surface area (Å²) in [7, 11) is 0. The lowest BCUT2D eigenvalue weighted by molar-refractivity contribution is 0.187. The third-order valence-corrected chi connectivity index (χ3v) is 2.79. The first-order valence-electron chi connectivity index (χ1n) is 5.41. The molecular formula is C12H15N3O. The fourth-order valence-electron chi connectivity index (χ4n) is 1.78. The number of hydrogen-bond acceptors (Lipinski definition) is 4. The Labute approximate surface area is 95.0 Å². The molecule has 0 aliphatic carbocycles. The van der Waals surface area contributed by atoms with Crippen molar-refractivity contribution >= 4 is 11.4 Å². The van der Waals surface area contributed by atoms with Crippen LogP contribution in [0.2, 0.25) is 0 Å². The summed E-state index contributed by atoms with van der Waals surface area (Å²) in [5.41, 5.74) is 7.74. The number of benzene rings is 1. The van der Waals surface area contributed by atoms with Gasteiger partial charge in [-0.25, -0.2) is 0 Å². The molecule has 16 heavy (non-hydrogen) atoms. The molecule has 0 spiro atoms. The quantitative estimate of drug-likeness (QED) is 0.754. The Morgan fingerprint density at radius 3 is 3.06 bits per heavy atom. The van der Waals surface area contributed by atoms with Gasteiger partial charge in [0.25, 0.3) is 0 Å². The number of nitrogens with two attached hydrogens (primary N) is 1. The van der Waals surface area contributed by atoms with Crippen LogP contribution in [0.25, 0.3) is 0 Å². The van der Waals surface area contributed by atoms with Crippen LogP contribution in [0.4, 0.5) is 11.4 Å². The first kappa shape index (κ1) is 10.8. The molecule has 84 valence electrons. The monoisotopic (exact) mass is 217 g/mol. The number of rotatable bonds is 3. The third-order valence-electron chi connectivity index (χ3n) is 2.79. The number of nitrogens with one attached hydrogen (secondary N) is 1. The van der Waals surface area contributed by atoms with E-state index in [0.717, 1.165) is 31.9 Å². The Balaban J connectivity index is 1.94. The summed E-state index contributed by atoms with van der Waals surface area (Å²) in [5, 5.41) is 12.1. The first-order valence-corrected chi connectivity index (χ1v) is 5.41. The van der Waals surface area contributed by atoms with Crippen LogP contribution in [0.5, 0.6) is 0 Å². The van der Waals surface area contributed by atoms with Gasteiger partial charge in [-0.1, -0.05) is 0 Å². The number of nitrogens with zero attached hydrogens (tertiary/aromatic N) is 1. The molecule has 1 aliphatic heterocycles. The molecule has 3 N–H and O–H groups in total. The highest BCUT2D eigenvalue weighted by Gasteiger charge is 2.14. The highest BCUT2D eigenvalue weighted by molar-refractivity contribution is 5.62. The predicted molar refractivity (Wildman–Crippen MR) is 63.0 cm³/mol. The molecular weight excluding hydrogens is 202 g/mol. The van der Waals surface area contributed by atoms with Gasteiger partial charge in [0.15, 0.2) is 0 Å². The maximum atomic E-state index is 8.74. The van der Waals surface area contributed by atoms with Gasteiger partial charge >= 0.3 is 0 Å². The molecule has 0 saturated carbocycles. The van der Waals surface area contributed by atoms with Gasteiger partial charge in [-0.2, -0.15) is 5.26 Å². The van der Waals surface area contributed by atoms with Crippen molar-refractivity contribution in [2.45, 2.75) is 6.42 Å². The fourth-order valence-corrected chi connectivity index (χ4v) is 1.78. The summed E-state index contributed by atoms with van der Waals surface area (Å²) < 4.78 is 5.30. The van der Waals surface area contributed by atoms with E-state index in [0.29, 0.717) is 17.2 Å². The standard InChI is InChI=1S/C12H15N3O/c13-6-10-1-2-11(5-12(10)14)15-7-9-3-4-16-8-9/h1-2,5,9,15H,3-4,7-8,14H2. The van der Waals surface area contributed by atoms with E-state index in [1.165, 1.54) is 0 Å². The van der Waals surface area contributed by atoms with Crippen molar-refractivity contribution in [3.8, 4) is 6.07 Å². The molecule has 1 atom stereocenters. The fraction of sp³-hybridized carbons (Fsp3) is 0.417. The van der Waals surface area contributed by atoms with Gasteiger partial charge in [-0.15, -0.1) is 0 Å². The normalized spacial score (nSPS) is 19.3. The maximum absolute atomic E-state index is 8.74. The van der Waals surface area contributed by atoms with E-state index < -0.39 is 0 Å². The van der Waals surface area contributed by atoms with E-state index >= 15 is 0 Å². The van der Waals surface area contributed by atoms with Crippen molar-refractivity contribution in [2.75, 3.05) is 30.8 Å². The highest BCUT2D eigenvalue weighted by atomic mass is 16.5. The molecule has 0 radical (unpaired) electrons. The van der Waals surface area contributed by atoms with Gasteiger partial charge in [-0.05, 0) is 24.6 Å². The van der Waals surface area contributed by atoms with E-state index in [2.05, 4.69) is 5.32 Å². The van der Waals surface area contributed by atoms with Gasteiger partial charge in [-0.3, -0.25) is 0 Å². The SMILES string of the molecule is N#Cc1ccc(NCC2CCOC2)cc1N. The largest absolute Gasteiger partial charge is 0.398 e. The number of anilines is 2. The molecule has 1 saturated heterocycles. The van der Waals surface area contributed by atoms with Gasteiger partial charge in [0, 0.05) is 24.8 Å². The molecule has 4 nitrogen and oxygen atoms in total. The smallest absolute Gasteiger partial charge is 0.101 e. The number of ether oxygens (including phenoxy) is 1. The van der Waals surface area contributed by atoms with Crippen LogP contribution in [0, 0.1) is 17.2 Å². The predicted octanol–water partition coefficient (Wildman–Crippen LogP) is 1.59. The minimum atomic E-state index is 0.523. The van der Waals surface area contributed by atoms with Gasteiger partial charge in [0.1, 0.15) is 6.07 Å². The van der Waals surface area contributed by atoms with Crippen LogP contribution in [0.1, 0.15) is 12.0 Å². The molecule has 1 heterocycles. The summed E-state index contributed by atoms with van der Waals surface area (Å²) >= 11 is 0. The van der Waals surface area contributed by atoms with Crippen LogP contribution in [-0.2, 0) is 4.74 Å². The van der Waals surface area contributed by atoms with E-state index in [-0.39, 0.29) is 0 Å². The maximum Gasteiger partial charge on any atom is 0.101 e. The molecule has 2 rings (SSSR count). The van der Waals surface area contributed by atoms with E-state index in [1.54, 1.807) is 12.1 Å². The molecule has 1 aromatic carbocycles. The Kier molecular flexibility index (Phi) is 3.28. The summed E-state index contributed by atoms with van der Waals surface area (Å²) in [6.07, 6.45) is 1.11. The number of nitrogen functional groups attached to an aromatic ring is 1.